The first kappa shape index (κ1) is 20.4. The normalized spacial score (nSPS) is 18.2. The topological polar surface area (TPSA) is 100 Å². The van der Waals surface area contributed by atoms with Crippen LogP contribution < -0.4 is 10.6 Å². The minimum absolute atomic E-state index is 0.0403. The van der Waals surface area contributed by atoms with Gasteiger partial charge in [-0.1, -0.05) is 24.4 Å². The van der Waals surface area contributed by atoms with Crippen molar-refractivity contribution < 1.29 is 14.1 Å². The molecule has 1 aromatic heterocycles. The van der Waals surface area contributed by atoms with Gasteiger partial charge in [-0.05, 0) is 56.9 Å². The molecule has 8 nitrogen and oxygen atoms in total. The first-order valence-electron chi connectivity index (χ1n) is 10.9. The van der Waals surface area contributed by atoms with Crippen molar-refractivity contribution in [2.45, 2.75) is 64.0 Å². The fourth-order valence-electron chi connectivity index (χ4n) is 4.19. The summed E-state index contributed by atoms with van der Waals surface area (Å²) in [6.45, 7) is 3.09. The maximum atomic E-state index is 12.6. The zero-order valence-corrected chi connectivity index (χ0v) is 17.4. The number of hydrogen-bond donors (Lipinski definition) is 2. The maximum absolute atomic E-state index is 12.6. The van der Waals surface area contributed by atoms with E-state index < -0.39 is 0 Å². The molecule has 0 radical (unpaired) electrons. The van der Waals surface area contributed by atoms with E-state index in [2.05, 4.69) is 20.8 Å². The standard InChI is InChI=1S/C22H29N5O3/c1-15-23-21(30-26-15)17-9-7-16(8-10-17)20(28)24-19-11-13-27(14-12-19)22(29)25-18-5-3-2-4-6-18/h7-10,18-19H,2-6,11-14H2,1H3,(H,24,28)(H,25,29). The summed E-state index contributed by atoms with van der Waals surface area (Å²) < 4.78 is 5.15. The van der Waals surface area contributed by atoms with Crippen molar-refractivity contribution in [1.29, 1.82) is 0 Å². The van der Waals surface area contributed by atoms with Gasteiger partial charge in [-0.3, -0.25) is 4.79 Å². The first-order valence-corrected chi connectivity index (χ1v) is 10.9. The zero-order valence-electron chi connectivity index (χ0n) is 17.4. The smallest absolute Gasteiger partial charge is 0.317 e. The van der Waals surface area contributed by atoms with Crippen molar-refractivity contribution in [2.75, 3.05) is 13.1 Å². The van der Waals surface area contributed by atoms with Crippen LogP contribution in [0.25, 0.3) is 11.5 Å². The Hall–Kier alpha value is -2.90. The van der Waals surface area contributed by atoms with Crippen LogP contribution in [0.1, 0.15) is 61.1 Å². The third-order valence-electron chi connectivity index (χ3n) is 5.97. The number of nitrogens with zero attached hydrogens (tertiary/aromatic N) is 3. The number of aryl methyl sites for hydroxylation is 1. The number of nitrogens with one attached hydrogen (secondary N) is 2. The summed E-state index contributed by atoms with van der Waals surface area (Å²) in [7, 11) is 0. The van der Waals surface area contributed by atoms with Gasteiger partial charge in [-0.2, -0.15) is 4.98 Å². The Bertz CT molecular complexity index is 865. The Kier molecular flexibility index (Phi) is 6.30. The van der Waals surface area contributed by atoms with Crippen LogP contribution in [0.2, 0.25) is 0 Å². The molecule has 0 unspecified atom stereocenters. The van der Waals surface area contributed by atoms with E-state index in [-0.39, 0.29) is 18.0 Å². The molecule has 3 amide bonds. The summed E-state index contributed by atoms with van der Waals surface area (Å²) in [4.78, 5) is 31.1. The zero-order chi connectivity index (χ0) is 20.9. The van der Waals surface area contributed by atoms with Gasteiger partial charge >= 0.3 is 6.03 Å². The van der Waals surface area contributed by atoms with Crippen LogP contribution in [-0.2, 0) is 0 Å². The Labute approximate surface area is 176 Å². The second-order valence-electron chi connectivity index (χ2n) is 8.24. The molecule has 2 fully saturated rings. The highest BCUT2D eigenvalue weighted by atomic mass is 16.5. The van der Waals surface area contributed by atoms with Gasteiger partial charge in [-0.25, -0.2) is 4.79 Å². The molecule has 160 valence electrons. The fourth-order valence-corrected chi connectivity index (χ4v) is 4.19. The molecule has 1 aliphatic carbocycles. The molecule has 2 heterocycles. The summed E-state index contributed by atoms with van der Waals surface area (Å²) in [5.41, 5.74) is 1.37. The van der Waals surface area contributed by atoms with Crippen LogP contribution in [-0.4, -0.2) is 52.2 Å². The van der Waals surface area contributed by atoms with Crippen LogP contribution >= 0.6 is 0 Å². The Morgan fingerprint density at radius 1 is 0.967 bits per heavy atom. The number of likely N-dealkylation sites (tertiary alicyclic amines) is 1. The molecule has 1 saturated heterocycles. The Morgan fingerprint density at radius 2 is 1.63 bits per heavy atom. The number of amides is 3. The van der Waals surface area contributed by atoms with Gasteiger partial charge in [-0.15, -0.1) is 0 Å². The quantitative estimate of drug-likeness (QED) is 0.804. The molecule has 1 aromatic carbocycles. The molecule has 1 saturated carbocycles. The number of piperidine rings is 1. The lowest BCUT2D eigenvalue weighted by atomic mass is 9.95. The van der Waals surface area contributed by atoms with Crippen molar-refractivity contribution in [2.24, 2.45) is 0 Å². The number of carbonyl (C=O) groups is 2. The second-order valence-corrected chi connectivity index (χ2v) is 8.24. The SMILES string of the molecule is Cc1noc(-c2ccc(C(=O)NC3CCN(C(=O)NC4CCCCC4)CC3)cc2)n1. The molecule has 0 bridgehead atoms. The van der Waals surface area contributed by atoms with E-state index in [0.29, 0.717) is 36.4 Å². The van der Waals surface area contributed by atoms with Crippen molar-refractivity contribution in [3.8, 4) is 11.5 Å². The minimum Gasteiger partial charge on any atom is -0.349 e. The van der Waals surface area contributed by atoms with Crippen molar-refractivity contribution in [3.05, 3.63) is 35.7 Å². The van der Waals surface area contributed by atoms with Crippen LogP contribution in [0.3, 0.4) is 0 Å². The van der Waals surface area contributed by atoms with Gasteiger partial charge in [0.2, 0.25) is 0 Å². The summed E-state index contributed by atoms with van der Waals surface area (Å²) in [6, 6.07) is 7.57. The molecule has 0 spiro atoms. The van der Waals surface area contributed by atoms with E-state index in [0.717, 1.165) is 31.2 Å². The molecular formula is C22H29N5O3. The third-order valence-corrected chi connectivity index (χ3v) is 5.97. The maximum Gasteiger partial charge on any atom is 0.317 e. The lowest BCUT2D eigenvalue weighted by molar-refractivity contribution is 0.0917. The number of benzene rings is 1. The Balaban J connectivity index is 1.24. The lowest BCUT2D eigenvalue weighted by Crippen LogP contribution is -2.51. The van der Waals surface area contributed by atoms with Gasteiger partial charge < -0.3 is 20.1 Å². The molecule has 4 rings (SSSR count). The molecule has 2 aromatic rings. The van der Waals surface area contributed by atoms with E-state index in [4.69, 9.17) is 4.52 Å². The summed E-state index contributed by atoms with van der Waals surface area (Å²) >= 11 is 0. The van der Waals surface area contributed by atoms with E-state index in [1.807, 2.05) is 4.90 Å². The minimum atomic E-state index is -0.103. The van der Waals surface area contributed by atoms with Gasteiger partial charge in [0.25, 0.3) is 11.8 Å². The van der Waals surface area contributed by atoms with Crippen LogP contribution in [0.4, 0.5) is 4.79 Å². The van der Waals surface area contributed by atoms with Crippen LogP contribution in [0.15, 0.2) is 28.8 Å². The highest BCUT2D eigenvalue weighted by molar-refractivity contribution is 5.94. The third kappa shape index (κ3) is 4.98. The number of carbonyl (C=O) groups excluding carboxylic acids is 2. The second kappa shape index (κ2) is 9.28. The molecule has 0 atom stereocenters. The first-order chi connectivity index (χ1) is 14.6. The summed E-state index contributed by atoms with van der Waals surface area (Å²) in [5, 5.41) is 10.0. The largest absolute Gasteiger partial charge is 0.349 e. The predicted molar refractivity (Wildman–Crippen MR) is 112 cm³/mol. The van der Waals surface area contributed by atoms with Gasteiger partial charge in [0.1, 0.15) is 0 Å². The number of aromatic nitrogens is 2. The molecule has 2 aliphatic rings. The molecule has 2 N–H and O–H groups in total. The van der Waals surface area contributed by atoms with E-state index in [9.17, 15) is 9.59 Å². The molecule has 8 heteroatoms. The van der Waals surface area contributed by atoms with Crippen LogP contribution in [0.5, 0.6) is 0 Å². The van der Waals surface area contributed by atoms with Gasteiger partial charge in [0, 0.05) is 36.3 Å². The van der Waals surface area contributed by atoms with E-state index in [1.54, 1.807) is 31.2 Å². The molecule has 1 aliphatic heterocycles. The monoisotopic (exact) mass is 411 g/mol. The van der Waals surface area contributed by atoms with Crippen molar-refractivity contribution in [3.63, 3.8) is 0 Å². The molecule has 30 heavy (non-hydrogen) atoms. The lowest BCUT2D eigenvalue weighted by Gasteiger charge is -2.34. The highest BCUT2D eigenvalue weighted by Gasteiger charge is 2.26. The van der Waals surface area contributed by atoms with Crippen LogP contribution in [0, 0.1) is 6.92 Å². The average Bonchev–Trinajstić information content (AvgIpc) is 3.21. The highest BCUT2D eigenvalue weighted by Crippen LogP contribution is 2.20. The average molecular weight is 412 g/mol. The number of rotatable bonds is 4. The fraction of sp³-hybridized carbons (Fsp3) is 0.545. The summed E-state index contributed by atoms with van der Waals surface area (Å²) in [6.07, 6.45) is 7.39. The van der Waals surface area contributed by atoms with E-state index >= 15 is 0 Å². The number of hydrogen-bond acceptors (Lipinski definition) is 5. The van der Waals surface area contributed by atoms with Crippen molar-refractivity contribution >= 4 is 11.9 Å². The van der Waals surface area contributed by atoms with Gasteiger partial charge in [0.05, 0.1) is 0 Å². The number of urea groups is 1. The predicted octanol–water partition coefficient (Wildman–Crippen LogP) is 3.28. The molecular weight excluding hydrogens is 382 g/mol. The van der Waals surface area contributed by atoms with Crippen molar-refractivity contribution in [1.82, 2.24) is 25.7 Å². The van der Waals surface area contributed by atoms with Gasteiger partial charge in [0.15, 0.2) is 5.82 Å². The summed E-state index contributed by atoms with van der Waals surface area (Å²) in [5.74, 6) is 0.914. The van der Waals surface area contributed by atoms with E-state index in [1.165, 1.54) is 19.3 Å². The Morgan fingerprint density at radius 3 is 2.27 bits per heavy atom.